The van der Waals surface area contributed by atoms with E-state index in [4.69, 9.17) is 9.47 Å². The average Bonchev–Trinajstić information content (AvgIpc) is 2.64. The Bertz CT molecular complexity index is 729. The Morgan fingerprint density at radius 1 is 1.14 bits per heavy atom. The maximum Gasteiger partial charge on any atom is 0.326 e. The van der Waals surface area contributed by atoms with Crippen molar-refractivity contribution in [2.24, 2.45) is 0 Å². The van der Waals surface area contributed by atoms with Gasteiger partial charge in [-0.2, -0.15) is 0 Å². The van der Waals surface area contributed by atoms with Crippen molar-refractivity contribution in [2.75, 3.05) is 19.6 Å². The first-order chi connectivity index (χ1) is 13.5. The molecule has 7 heteroatoms. The van der Waals surface area contributed by atoms with Crippen molar-refractivity contribution in [3.05, 3.63) is 35.4 Å². The molecule has 2 amide bonds. The highest BCUT2D eigenvalue weighted by atomic mass is 16.5. The Balaban J connectivity index is 1.82. The third-order valence-electron chi connectivity index (χ3n) is 4.79. The summed E-state index contributed by atoms with van der Waals surface area (Å²) in [4.78, 5) is 38.4. The summed E-state index contributed by atoms with van der Waals surface area (Å²) in [5.74, 6) is -1.28. The number of carbonyl (C=O) groups excluding carboxylic acids is 3. The fourth-order valence-electron chi connectivity index (χ4n) is 3.28. The lowest BCUT2D eigenvalue weighted by Crippen LogP contribution is -2.51. The molecule has 0 aliphatic carbocycles. The molecular formula is C22H32N2O5. The van der Waals surface area contributed by atoms with Gasteiger partial charge in [0.1, 0.15) is 6.54 Å². The van der Waals surface area contributed by atoms with Gasteiger partial charge in [0.05, 0.1) is 12.2 Å². The van der Waals surface area contributed by atoms with Crippen LogP contribution in [0, 0.1) is 0 Å². The Morgan fingerprint density at radius 2 is 1.69 bits per heavy atom. The van der Waals surface area contributed by atoms with Crippen LogP contribution in [0.2, 0.25) is 0 Å². The van der Waals surface area contributed by atoms with Crippen LogP contribution in [-0.4, -0.2) is 60.6 Å². The van der Waals surface area contributed by atoms with Gasteiger partial charge in [-0.1, -0.05) is 32.9 Å². The second-order valence-electron chi connectivity index (χ2n) is 8.64. The normalized spacial score (nSPS) is 20.7. The lowest BCUT2D eigenvalue weighted by molar-refractivity contribution is -0.163. The molecule has 1 aliphatic heterocycles. The Morgan fingerprint density at radius 3 is 2.21 bits per heavy atom. The van der Waals surface area contributed by atoms with E-state index in [9.17, 15) is 14.4 Å². The third-order valence-corrected chi connectivity index (χ3v) is 4.79. The fourth-order valence-corrected chi connectivity index (χ4v) is 3.28. The van der Waals surface area contributed by atoms with Crippen molar-refractivity contribution in [2.45, 2.75) is 65.3 Å². The molecule has 0 radical (unpaired) electrons. The van der Waals surface area contributed by atoms with Crippen molar-refractivity contribution in [1.82, 2.24) is 10.2 Å². The maximum absolute atomic E-state index is 12.5. The number of carbonyl (C=O) groups is 3. The van der Waals surface area contributed by atoms with Gasteiger partial charge in [-0.15, -0.1) is 0 Å². The largest absolute Gasteiger partial charge is 0.451 e. The lowest BCUT2D eigenvalue weighted by atomic mass is 9.87. The minimum absolute atomic E-state index is 0.00242. The van der Waals surface area contributed by atoms with Gasteiger partial charge < -0.3 is 19.7 Å². The zero-order valence-electron chi connectivity index (χ0n) is 18.2. The highest BCUT2D eigenvalue weighted by Crippen LogP contribution is 2.22. The Hall–Kier alpha value is -2.41. The van der Waals surface area contributed by atoms with Gasteiger partial charge in [-0.3, -0.25) is 14.4 Å². The second kappa shape index (κ2) is 9.39. The lowest BCUT2D eigenvalue weighted by Gasteiger charge is -2.36. The van der Waals surface area contributed by atoms with Gasteiger partial charge in [-0.25, -0.2) is 0 Å². The molecule has 1 fully saturated rings. The number of hydrogen-bond donors (Lipinski definition) is 1. The smallest absolute Gasteiger partial charge is 0.326 e. The molecule has 0 saturated carbocycles. The van der Waals surface area contributed by atoms with Crippen LogP contribution in [0.25, 0.3) is 0 Å². The Labute approximate surface area is 172 Å². The number of hydrogen-bond acceptors (Lipinski definition) is 5. The first-order valence-electron chi connectivity index (χ1n) is 10.00. The van der Waals surface area contributed by atoms with E-state index in [2.05, 4.69) is 26.1 Å². The van der Waals surface area contributed by atoms with Gasteiger partial charge in [0.2, 0.25) is 0 Å². The quantitative estimate of drug-likeness (QED) is 0.761. The number of benzene rings is 1. The fraction of sp³-hybridized carbons (Fsp3) is 0.591. The number of nitrogens with zero attached hydrogens (tertiary/aromatic N) is 1. The van der Waals surface area contributed by atoms with Crippen LogP contribution in [0.5, 0.6) is 0 Å². The zero-order chi connectivity index (χ0) is 21.8. The van der Waals surface area contributed by atoms with E-state index in [0.29, 0.717) is 18.7 Å². The highest BCUT2D eigenvalue weighted by Gasteiger charge is 2.30. The second-order valence-corrected chi connectivity index (χ2v) is 8.64. The van der Waals surface area contributed by atoms with Gasteiger partial charge in [0.15, 0.2) is 6.10 Å². The van der Waals surface area contributed by atoms with Gasteiger partial charge in [-0.05, 0) is 43.9 Å². The zero-order valence-corrected chi connectivity index (χ0v) is 18.2. The number of nitrogens with one attached hydrogen (secondary N) is 1. The van der Waals surface area contributed by atoms with E-state index in [0.717, 1.165) is 5.56 Å². The molecule has 0 spiro atoms. The summed E-state index contributed by atoms with van der Waals surface area (Å²) in [5.41, 5.74) is 1.58. The molecule has 1 aromatic carbocycles. The first-order valence-corrected chi connectivity index (χ1v) is 10.00. The molecule has 1 saturated heterocycles. The van der Waals surface area contributed by atoms with Crippen molar-refractivity contribution in [3.8, 4) is 0 Å². The summed E-state index contributed by atoms with van der Waals surface area (Å²) in [6.07, 6.45) is -1.04. The van der Waals surface area contributed by atoms with E-state index in [1.807, 2.05) is 26.0 Å². The molecule has 0 aromatic heterocycles. The molecule has 160 valence electrons. The molecule has 29 heavy (non-hydrogen) atoms. The van der Waals surface area contributed by atoms with Crippen LogP contribution >= 0.6 is 0 Å². The minimum Gasteiger partial charge on any atom is -0.451 e. The topological polar surface area (TPSA) is 84.9 Å². The van der Waals surface area contributed by atoms with Crippen LogP contribution < -0.4 is 5.32 Å². The molecule has 2 rings (SSSR count). The number of esters is 1. The van der Waals surface area contributed by atoms with E-state index in [-0.39, 0.29) is 36.0 Å². The predicted molar refractivity (Wildman–Crippen MR) is 110 cm³/mol. The van der Waals surface area contributed by atoms with Crippen molar-refractivity contribution >= 4 is 17.8 Å². The predicted octanol–water partition coefficient (Wildman–Crippen LogP) is 2.28. The maximum atomic E-state index is 12.5. The molecule has 7 nitrogen and oxygen atoms in total. The molecule has 0 bridgehead atoms. The van der Waals surface area contributed by atoms with E-state index in [1.165, 1.54) is 6.92 Å². The van der Waals surface area contributed by atoms with Crippen molar-refractivity contribution in [3.63, 3.8) is 0 Å². The number of morpholine rings is 1. The summed E-state index contributed by atoms with van der Waals surface area (Å²) >= 11 is 0. The Kier molecular flexibility index (Phi) is 7.41. The van der Waals surface area contributed by atoms with Crippen LogP contribution in [-0.2, 0) is 24.5 Å². The number of ether oxygens (including phenoxy) is 2. The van der Waals surface area contributed by atoms with Crippen molar-refractivity contribution in [1.29, 1.82) is 0 Å². The number of amides is 2. The van der Waals surface area contributed by atoms with E-state index in [1.54, 1.807) is 17.0 Å². The molecule has 3 unspecified atom stereocenters. The molecular weight excluding hydrogens is 372 g/mol. The third kappa shape index (κ3) is 6.56. The minimum atomic E-state index is -0.914. The van der Waals surface area contributed by atoms with Crippen molar-refractivity contribution < 1.29 is 23.9 Å². The van der Waals surface area contributed by atoms with E-state index >= 15 is 0 Å². The summed E-state index contributed by atoms with van der Waals surface area (Å²) in [7, 11) is 0. The number of rotatable bonds is 5. The molecule has 1 aromatic rings. The SMILES string of the molecule is CC1CN(C(=O)C(C)OC(=O)CNC(=O)c2ccc(C(C)(C)C)cc2)CC(C)O1. The summed E-state index contributed by atoms with van der Waals surface area (Å²) < 4.78 is 10.8. The first kappa shape index (κ1) is 22.9. The van der Waals surface area contributed by atoms with Gasteiger partial charge in [0, 0.05) is 18.7 Å². The average molecular weight is 405 g/mol. The summed E-state index contributed by atoms with van der Waals surface area (Å²) in [6, 6.07) is 7.26. The standard InChI is InChI=1S/C22H32N2O5/c1-14-12-24(13-15(2)28-14)21(27)16(3)29-19(25)11-23-20(26)17-7-9-18(10-8-17)22(4,5)6/h7-10,14-16H,11-13H2,1-6H3,(H,23,26). The van der Waals surface area contributed by atoms with Gasteiger partial charge in [0.25, 0.3) is 11.8 Å². The summed E-state index contributed by atoms with van der Waals surface area (Å²) in [5, 5.41) is 2.54. The molecule has 3 atom stereocenters. The van der Waals surface area contributed by atoms with Crippen LogP contribution in [0.15, 0.2) is 24.3 Å². The van der Waals surface area contributed by atoms with Crippen LogP contribution in [0.3, 0.4) is 0 Å². The highest BCUT2D eigenvalue weighted by molar-refractivity contribution is 5.96. The van der Waals surface area contributed by atoms with Gasteiger partial charge >= 0.3 is 5.97 Å². The van der Waals surface area contributed by atoms with Crippen LogP contribution in [0.4, 0.5) is 0 Å². The molecule has 1 aliphatic rings. The molecule has 1 N–H and O–H groups in total. The van der Waals surface area contributed by atoms with Crippen LogP contribution in [0.1, 0.15) is 57.5 Å². The summed E-state index contributed by atoms with van der Waals surface area (Å²) in [6.45, 7) is 12.3. The van der Waals surface area contributed by atoms with E-state index < -0.39 is 12.1 Å². The molecule has 1 heterocycles. The monoisotopic (exact) mass is 404 g/mol.